The molecule has 2 aromatic heterocycles. The number of nitrogens with zero attached hydrogens (tertiary/aromatic N) is 4. The summed E-state index contributed by atoms with van der Waals surface area (Å²) in [4.78, 5) is 5.06. The lowest BCUT2D eigenvalue weighted by Gasteiger charge is -1.86. The van der Waals surface area contributed by atoms with E-state index in [1.54, 1.807) is 18.5 Å². The van der Waals surface area contributed by atoms with E-state index in [4.69, 9.17) is 5.84 Å². The van der Waals surface area contributed by atoms with Gasteiger partial charge in [0.25, 0.3) is 0 Å². The van der Waals surface area contributed by atoms with Gasteiger partial charge in [-0.2, -0.15) is 4.79 Å². The summed E-state index contributed by atoms with van der Waals surface area (Å²) in [5.41, 5.74) is 1.50. The molecule has 0 spiro atoms. The molecule has 0 amide bonds. The maximum atomic E-state index is 5.38. The highest BCUT2D eigenvalue weighted by atomic mass is 15.6. The van der Waals surface area contributed by atoms with Crippen molar-refractivity contribution in [3.8, 4) is 0 Å². The molecule has 5 heteroatoms. The number of nitrogens with two attached hydrogens (primary N) is 1. The maximum Gasteiger partial charge on any atom is 0.130 e. The molecule has 0 saturated carbocycles. The number of hydrogen-bond acceptors (Lipinski definition) is 4. The fourth-order valence-corrected chi connectivity index (χ4v) is 0.784. The highest BCUT2D eigenvalue weighted by molar-refractivity contribution is 5.72. The molecule has 5 nitrogen and oxygen atoms in total. The summed E-state index contributed by atoms with van der Waals surface area (Å²) in [7, 11) is 0. The number of hydrogen-bond donors (Lipinski definition) is 1. The third-order valence-electron chi connectivity index (χ3n) is 1.27. The van der Waals surface area contributed by atoms with E-state index < -0.39 is 0 Å². The van der Waals surface area contributed by atoms with Gasteiger partial charge in [0.15, 0.2) is 0 Å². The van der Waals surface area contributed by atoms with E-state index in [1.165, 1.54) is 4.79 Å². The Labute approximate surface area is 56.4 Å². The Balaban J connectivity index is 2.93. The summed E-state index contributed by atoms with van der Waals surface area (Å²) in [6.07, 6.45) is 3.27. The molecule has 0 aliphatic carbocycles. The van der Waals surface area contributed by atoms with Crippen LogP contribution in [0, 0.1) is 0 Å². The van der Waals surface area contributed by atoms with Crippen molar-refractivity contribution in [2.24, 2.45) is 0 Å². The highest BCUT2D eigenvalue weighted by Gasteiger charge is 1.97. The molecular weight excluding hydrogens is 130 g/mol. The summed E-state index contributed by atoms with van der Waals surface area (Å²) in [5.74, 6) is 5.38. The molecule has 0 aliphatic rings. The number of fused-ring (bicyclic) bond motifs is 1. The largest absolute Gasteiger partial charge is 0.321 e. The molecule has 2 N–H and O–H groups in total. The second kappa shape index (κ2) is 1.66. The van der Waals surface area contributed by atoms with Crippen molar-refractivity contribution in [3.63, 3.8) is 0 Å². The van der Waals surface area contributed by atoms with Crippen LogP contribution in [0.15, 0.2) is 18.5 Å². The topological polar surface area (TPSA) is 69.6 Å². The number of rotatable bonds is 0. The van der Waals surface area contributed by atoms with Gasteiger partial charge in [0, 0.05) is 6.20 Å². The average Bonchev–Trinajstić information content (AvgIpc) is 2.34. The van der Waals surface area contributed by atoms with E-state index in [0.717, 1.165) is 11.0 Å². The Morgan fingerprint density at radius 1 is 1.50 bits per heavy atom. The highest BCUT2D eigenvalue weighted by Crippen LogP contribution is 2.03. The first-order valence-electron chi connectivity index (χ1n) is 2.78. The lowest BCUT2D eigenvalue weighted by atomic mass is 10.4. The number of nitrogen functional groups attached to an aromatic ring is 1. The summed E-state index contributed by atoms with van der Waals surface area (Å²) >= 11 is 0. The molecule has 2 rings (SSSR count). The van der Waals surface area contributed by atoms with E-state index in [9.17, 15) is 0 Å². The third-order valence-corrected chi connectivity index (χ3v) is 1.27. The first-order valence-corrected chi connectivity index (χ1v) is 2.78. The van der Waals surface area contributed by atoms with Gasteiger partial charge in [-0.15, -0.1) is 5.10 Å². The first-order chi connectivity index (χ1) is 4.88. The molecule has 0 unspecified atom stereocenters. The molecule has 0 atom stereocenters. The predicted molar refractivity (Wildman–Crippen MR) is 35.5 cm³/mol. The van der Waals surface area contributed by atoms with Crippen molar-refractivity contribution >= 4 is 11.0 Å². The fraction of sp³-hybridized carbons (Fsp3) is 0. The number of aromatic nitrogens is 4. The van der Waals surface area contributed by atoms with Crippen LogP contribution >= 0.6 is 0 Å². The summed E-state index contributed by atoms with van der Waals surface area (Å²) < 4.78 is 0. The molecule has 0 aromatic carbocycles. The van der Waals surface area contributed by atoms with Crippen molar-refractivity contribution in [2.45, 2.75) is 0 Å². The Hall–Kier alpha value is -1.65. The van der Waals surface area contributed by atoms with Gasteiger partial charge in [-0.3, -0.25) is 4.98 Å². The lowest BCUT2D eigenvalue weighted by Crippen LogP contribution is -2.09. The Kier molecular flexibility index (Phi) is 0.858. The second-order valence-electron chi connectivity index (χ2n) is 1.90. The minimum absolute atomic E-state index is 0.738. The molecule has 0 radical (unpaired) electrons. The van der Waals surface area contributed by atoms with E-state index in [0.29, 0.717) is 0 Å². The van der Waals surface area contributed by atoms with E-state index in [-0.39, 0.29) is 0 Å². The van der Waals surface area contributed by atoms with Crippen LogP contribution in [-0.2, 0) is 0 Å². The van der Waals surface area contributed by atoms with Crippen LogP contribution in [0.2, 0.25) is 0 Å². The van der Waals surface area contributed by atoms with E-state index in [2.05, 4.69) is 15.3 Å². The van der Waals surface area contributed by atoms with Crippen molar-refractivity contribution in [2.75, 3.05) is 5.84 Å². The SMILES string of the molecule is Nn1nnc2ccncc21. The first kappa shape index (κ1) is 5.16. The molecule has 2 heterocycles. The van der Waals surface area contributed by atoms with Crippen molar-refractivity contribution in [3.05, 3.63) is 18.5 Å². The van der Waals surface area contributed by atoms with Crippen molar-refractivity contribution in [1.29, 1.82) is 0 Å². The maximum absolute atomic E-state index is 5.38. The molecule has 0 fully saturated rings. The molecule has 0 saturated heterocycles. The smallest absolute Gasteiger partial charge is 0.130 e. The second-order valence-corrected chi connectivity index (χ2v) is 1.90. The standard InChI is InChI=1S/C5H5N5/c6-10-5-3-7-2-1-4(5)8-9-10/h1-3H,6H2. The van der Waals surface area contributed by atoms with Gasteiger partial charge >= 0.3 is 0 Å². The molecule has 50 valence electrons. The quantitative estimate of drug-likeness (QED) is 0.496. The lowest BCUT2D eigenvalue weighted by molar-refractivity contribution is 0.786. The normalized spacial score (nSPS) is 10.4. The monoisotopic (exact) mass is 135 g/mol. The fourth-order valence-electron chi connectivity index (χ4n) is 0.784. The van der Waals surface area contributed by atoms with Crippen LogP contribution in [0.25, 0.3) is 11.0 Å². The minimum Gasteiger partial charge on any atom is -0.321 e. The van der Waals surface area contributed by atoms with Gasteiger partial charge in [-0.25, -0.2) is 0 Å². The van der Waals surface area contributed by atoms with Gasteiger partial charge < -0.3 is 5.84 Å². The van der Waals surface area contributed by atoms with Crippen LogP contribution in [0.5, 0.6) is 0 Å². The van der Waals surface area contributed by atoms with Crippen LogP contribution in [0.3, 0.4) is 0 Å². The Morgan fingerprint density at radius 3 is 3.20 bits per heavy atom. The Morgan fingerprint density at radius 2 is 2.40 bits per heavy atom. The van der Waals surface area contributed by atoms with Gasteiger partial charge in [0.1, 0.15) is 11.0 Å². The molecule has 2 aromatic rings. The summed E-state index contributed by atoms with van der Waals surface area (Å²) in [5, 5.41) is 7.37. The molecule has 10 heavy (non-hydrogen) atoms. The average molecular weight is 135 g/mol. The van der Waals surface area contributed by atoms with Gasteiger partial charge in [0.2, 0.25) is 0 Å². The van der Waals surface area contributed by atoms with Crippen LogP contribution in [0.1, 0.15) is 0 Å². The minimum atomic E-state index is 0.738. The Bertz CT molecular complexity index is 352. The molecule has 0 aliphatic heterocycles. The predicted octanol–water partition coefficient (Wildman–Crippen LogP) is -0.460. The van der Waals surface area contributed by atoms with E-state index >= 15 is 0 Å². The summed E-state index contributed by atoms with van der Waals surface area (Å²) in [6.45, 7) is 0. The van der Waals surface area contributed by atoms with Gasteiger partial charge in [-0.05, 0) is 11.3 Å². The van der Waals surface area contributed by atoms with Crippen LogP contribution in [-0.4, -0.2) is 20.1 Å². The zero-order valence-corrected chi connectivity index (χ0v) is 5.10. The van der Waals surface area contributed by atoms with E-state index in [1.807, 2.05) is 0 Å². The number of pyridine rings is 1. The molecule has 0 bridgehead atoms. The molecular formula is C5H5N5. The zero-order valence-electron chi connectivity index (χ0n) is 5.10. The summed E-state index contributed by atoms with van der Waals surface area (Å²) in [6, 6.07) is 1.76. The van der Waals surface area contributed by atoms with Crippen LogP contribution < -0.4 is 5.84 Å². The third kappa shape index (κ3) is 0.540. The zero-order chi connectivity index (χ0) is 6.97. The van der Waals surface area contributed by atoms with Crippen LogP contribution in [0.4, 0.5) is 0 Å². The van der Waals surface area contributed by atoms with Gasteiger partial charge in [-0.1, -0.05) is 0 Å². The van der Waals surface area contributed by atoms with Gasteiger partial charge in [0.05, 0.1) is 6.20 Å². The van der Waals surface area contributed by atoms with Crippen molar-refractivity contribution in [1.82, 2.24) is 20.1 Å². The van der Waals surface area contributed by atoms with Crippen molar-refractivity contribution < 1.29 is 0 Å².